The molecule has 0 saturated heterocycles. The van der Waals surface area contributed by atoms with E-state index >= 15 is 0 Å². The molecule has 0 saturated carbocycles. The quantitative estimate of drug-likeness (QED) is 0.0212. The normalized spacial score (nSPS) is 14.5. The van der Waals surface area contributed by atoms with Crippen molar-refractivity contribution >= 4 is 13.8 Å². The molecule has 0 aromatic rings. The zero-order chi connectivity index (χ0) is 36.3. The molecule has 8 nitrogen and oxygen atoms in total. The fourth-order valence-corrected chi connectivity index (χ4v) is 5.64. The van der Waals surface area contributed by atoms with Crippen LogP contribution < -0.4 is 4.89 Å². The first kappa shape index (κ1) is 47.5. The summed E-state index contributed by atoms with van der Waals surface area (Å²) in [6.07, 6.45) is 38.5. The maximum absolute atomic E-state index is 12.6. The van der Waals surface area contributed by atoms with E-state index in [0.717, 1.165) is 38.5 Å². The molecular formula is C40H74NO7P. The van der Waals surface area contributed by atoms with Gasteiger partial charge >= 0.3 is 5.97 Å². The van der Waals surface area contributed by atoms with Gasteiger partial charge in [0.25, 0.3) is 7.82 Å². The number of likely N-dealkylation sites (N-methyl/N-ethyl adjacent to an activating group) is 1. The molecule has 0 heterocycles. The van der Waals surface area contributed by atoms with Gasteiger partial charge in [0.1, 0.15) is 19.3 Å². The first-order valence-electron chi connectivity index (χ1n) is 19.4. The fraction of sp³-hybridized carbons (Fsp3) is 0.775. The van der Waals surface area contributed by atoms with Gasteiger partial charge in [-0.3, -0.25) is 9.36 Å². The lowest BCUT2D eigenvalue weighted by Gasteiger charge is -2.28. The summed E-state index contributed by atoms with van der Waals surface area (Å²) in [6.45, 7) is 5.19. The molecular weight excluding hydrogens is 637 g/mol. The van der Waals surface area contributed by atoms with Gasteiger partial charge in [-0.1, -0.05) is 146 Å². The third-order valence-corrected chi connectivity index (χ3v) is 8.87. The lowest BCUT2D eigenvalue weighted by Crippen LogP contribution is -2.37. The van der Waals surface area contributed by atoms with E-state index < -0.39 is 19.9 Å². The lowest BCUT2D eigenvalue weighted by molar-refractivity contribution is -0.870. The minimum Gasteiger partial charge on any atom is -0.756 e. The summed E-state index contributed by atoms with van der Waals surface area (Å²) < 4.78 is 34.3. The van der Waals surface area contributed by atoms with Gasteiger partial charge in [0.15, 0.2) is 0 Å². The molecule has 0 aliphatic rings. The molecule has 0 radical (unpaired) electrons. The maximum atomic E-state index is 12.6. The minimum atomic E-state index is -4.53. The molecule has 0 fully saturated rings. The number of phosphoric ester groups is 1. The highest BCUT2D eigenvalue weighted by Crippen LogP contribution is 2.38. The van der Waals surface area contributed by atoms with Crippen molar-refractivity contribution in [2.75, 3.05) is 54.1 Å². The largest absolute Gasteiger partial charge is 0.756 e. The average molecular weight is 712 g/mol. The molecule has 0 aliphatic carbocycles. The second-order valence-corrected chi connectivity index (χ2v) is 15.3. The number of unbranched alkanes of at least 4 members (excludes halogenated alkanes) is 13. The number of carbonyl (C=O) groups is 1. The highest BCUT2D eigenvalue weighted by atomic mass is 31.2. The van der Waals surface area contributed by atoms with Crippen LogP contribution in [0.4, 0.5) is 0 Å². The SMILES string of the molecule is CC/C=C\C/C=C\C/C=C\C/C=C\CCC(=O)OC(COCCCCCCCCCCCCCCCC)COP(=O)([O-])OCC[N+](C)(C)C. The number of carbonyl (C=O) groups excluding carboxylic acids is 1. The number of ether oxygens (including phenoxy) is 2. The molecule has 0 aromatic heterocycles. The van der Waals surface area contributed by atoms with E-state index in [1.807, 2.05) is 33.3 Å². The van der Waals surface area contributed by atoms with Crippen molar-refractivity contribution in [2.24, 2.45) is 0 Å². The van der Waals surface area contributed by atoms with Gasteiger partial charge in [-0.2, -0.15) is 0 Å². The van der Waals surface area contributed by atoms with E-state index in [1.54, 1.807) is 0 Å². The Morgan fingerprint density at radius 2 is 1.14 bits per heavy atom. The molecule has 49 heavy (non-hydrogen) atoms. The van der Waals surface area contributed by atoms with E-state index in [9.17, 15) is 14.3 Å². The Bertz CT molecular complexity index is 926. The minimum absolute atomic E-state index is 0.0131. The van der Waals surface area contributed by atoms with E-state index in [1.165, 1.54) is 77.0 Å². The summed E-state index contributed by atoms with van der Waals surface area (Å²) >= 11 is 0. The van der Waals surface area contributed by atoms with Gasteiger partial charge in [-0.25, -0.2) is 0 Å². The number of hydrogen-bond donors (Lipinski definition) is 0. The fourth-order valence-electron chi connectivity index (χ4n) is 4.91. The standard InChI is InChI=1S/C40H74NO7P/c1-6-8-10-12-14-16-18-20-22-24-26-28-30-32-35-45-37-39(38-47-49(43,44)46-36-34-41(3,4)5)48-40(42)33-31-29-27-25-23-21-19-17-15-13-11-9-7-2/h9,11,15,17,21,23,27,29,39H,6-8,10,12-14,16,18-20,22,24-26,28,30-38H2,1-5H3/b11-9-,17-15-,23-21-,29-27-. The first-order valence-corrected chi connectivity index (χ1v) is 20.8. The Morgan fingerprint density at radius 3 is 1.65 bits per heavy atom. The molecule has 0 aliphatic heterocycles. The molecule has 0 amide bonds. The van der Waals surface area contributed by atoms with Crippen molar-refractivity contribution in [3.63, 3.8) is 0 Å². The second kappa shape index (κ2) is 33.6. The van der Waals surface area contributed by atoms with E-state index in [4.69, 9.17) is 18.5 Å². The van der Waals surface area contributed by atoms with Crippen molar-refractivity contribution in [1.82, 2.24) is 0 Å². The summed E-state index contributed by atoms with van der Waals surface area (Å²) in [5.41, 5.74) is 0. The van der Waals surface area contributed by atoms with E-state index in [0.29, 0.717) is 24.1 Å². The number of rotatable bonds is 35. The van der Waals surface area contributed by atoms with Crippen molar-refractivity contribution in [1.29, 1.82) is 0 Å². The molecule has 2 atom stereocenters. The van der Waals surface area contributed by atoms with Gasteiger partial charge in [-0.05, 0) is 38.5 Å². The molecule has 0 rings (SSSR count). The number of esters is 1. The number of hydrogen-bond acceptors (Lipinski definition) is 7. The van der Waals surface area contributed by atoms with Gasteiger partial charge in [-0.15, -0.1) is 0 Å². The van der Waals surface area contributed by atoms with Gasteiger partial charge < -0.3 is 27.9 Å². The van der Waals surface area contributed by atoms with Crippen LogP contribution in [0.3, 0.4) is 0 Å². The zero-order valence-electron chi connectivity index (χ0n) is 32.1. The predicted molar refractivity (Wildman–Crippen MR) is 203 cm³/mol. The Hall–Kier alpha value is -1.54. The summed E-state index contributed by atoms with van der Waals surface area (Å²) in [5, 5.41) is 0. The van der Waals surface area contributed by atoms with Crippen molar-refractivity contribution in [2.45, 2.75) is 148 Å². The van der Waals surface area contributed by atoms with Crippen LogP contribution in [0.1, 0.15) is 142 Å². The monoisotopic (exact) mass is 712 g/mol. The van der Waals surface area contributed by atoms with Gasteiger partial charge in [0.05, 0.1) is 34.4 Å². The Labute approximate surface area is 301 Å². The highest BCUT2D eigenvalue weighted by Gasteiger charge is 2.20. The van der Waals surface area contributed by atoms with E-state index in [2.05, 4.69) is 50.3 Å². The second-order valence-electron chi connectivity index (χ2n) is 13.9. The van der Waals surface area contributed by atoms with Crippen LogP contribution in [0.15, 0.2) is 48.6 Å². The first-order chi connectivity index (χ1) is 23.6. The molecule has 0 aromatic carbocycles. The summed E-state index contributed by atoms with van der Waals surface area (Å²) in [6, 6.07) is 0. The molecule has 2 unspecified atom stereocenters. The zero-order valence-corrected chi connectivity index (χ0v) is 33.0. The summed E-state index contributed by atoms with van der Waals surface area (Å²) in [5.74, 6) is -0.414. The molecule has 0 N–H and O–H groups in total. The average Bonchev–Trinajstić information content (AvgIpc) is 3.04. The van der Waals surface area contributed by atoms with Crippen LogP contribution in [0, 0.1) is 0 Å². The van der Waals surface area contributed by atoms with Crippen LogP contribution >= 0.6 is 7.82 Å². The number of nitrogens with zero attached hydrogens (tertiary/aromatic N) is 1. The van der Waals surface area contributed by atoms with Crippen LogP contribution in [-0.2, 0) is 27.9 Å². The number of quaternary nitrogens is 1. The predicted octanol–water partition coefficient (Wildman–Crippen LogP) is 10.2. The Kier molecular flexibility index (Phi) is 32.5. The molecule has 0 spiro atoms. The van der Waals surface area contributed by atoms with E-state index in [-0.39, 0.29) is 26.2 Å². The van der Waals surface area contributed by atoms with Crippen LogP contribution in [0.25, 0.3) is 0 Å². The van der Waals surface area contributed by atoms with Crippen LogP contribution in [0.2, 0.25) is 0 Å². The summed E-state index contributed by atoms with van der Waals surface area (Å²) in [7, 11) is 1.31. The third kappa shape index (κ3) is 37.5. The third-order valence-electron chi connectivity index (χ3n) is 7.91. The topological polar surface area (TPSA) is 94.1 Å². The van der Waals surface area contributed by atoms with Gasteiger partial charge in [0, 0.05) is 13.0 Å². The molecule has 9 heteroatoms. The summed E-state index contributed by atoms with van der Waals surface area (Å²) in [4.78, 5) is 24.9. The van der Waals surface area contributed by atoms with Crippen molar-refractivity contribution in [3.8, 4) is 0 Å². The van der Waals surface area contributed by atoms with Crippen LogP contribution in [0.5, 0.6) is 0 Å². The Balaban J connectivity index is 4.40. The maximum Gasteiger partial charge on any atom is 0.306 e. The highest BCUT2D eigenvalue weighted by molar-refractivity contribution is 7.45. The van der Waals surface area contributed by atoms with Crippen molar-refractivity contribution in [3.05, 3.63) is 48.6 Å². The molecule has 0 bridgehead atoms. The Morgan fingerprint density at radius 1 is 0.653 bits per heavy atom. The number of allylic oxidation sites excluding steroid dienone is 8. The van der Waals surface area contributed by atoms with Gasteiger partial charge in [0.2, 0.25) is 0 Å². The van der Waals surface area contributed by atoms with Crippen LogP contribution in [-0.4, -0.2) is 70.7 Å². The van der Waals surface area contributed by atoms with Crippen molar-refractivity contribution < 1.29 is 37.3 Å². The lowest BCUT2D eigenvalue weighted by atomic mass is 10.0. The number of phosphoric acid groups is 1. The molecule has 286 valence electrons. The smallest absolute Gasteiger partial charge is 0.306 e.